The Morgan fingerprint density at radius 2 is 1.55 bits per heavy atom. The molecule has 0 nitrogen and oxygen atoms in total. The molecule has 0 spiro atoms. The molecule has 3 aromatic carbocycles. The van der Waals surface area contributed by atoms with Gasteiger partial charge in [-0.2, -0.15) is 0 Å². The van der Waals surface area contributed by atoms with E-state index in [4.69, 9.17) is 0 Å². The molecule has 29 heavy (non-hydrogen) atoms. The van der Waals surface area contributed by atoms with Crippen molar-refractivity contribution in [3.05, 3.63) is 94.1 Å². The lowest BCUT2D eigenvalue weighted by Gasteiger charge is -2.06. The highest BCUT2D eigenvalue weighted by atomic mass is 19.2. The summed E-state index contributed by atoms with van der Waals surface area (Å²) in [6, 6.07) is 5.39. The van der Waals surface area contributed by atoms with Gasteiger partial charge in [-0.3, -0.25) is 0 Å². The third-order valence-electron chi connectivity index (χ3n) is 4.36. The largest absolute Gasteiger partial charge is 0.207 e. The summed E-state index contributed by atoms with van der Waals surface area (Å²) in [6.45, 7) is 1.76. The number of rotatable bonds is 3. The van der Waals surface area contributed by atoms with Gasteiger partial charge in [0.2, 0.25) is 0 Å². The summed E-state index contributed by atoms with van der Waals surface area (Å²) in [7, 11) is 0. The number of halogens is 6. The molecule has 0 heterocycles. The minimum Gasteiger partial charge on any atom is -0.207 e. The van der Waals surface area contributed by atoms with Crippen molar-refractivity contribution in [1.29, 1.82) is 0 Å². The van der Waals surface area contributed by atoms with E-state index in [9.17, 15) is 26.3 Å². The van der Waals surface area contributed by atoms with Gasteiger partial charge < -0.3 is 0 Å². The summed E-state index contributed by atoms with van der Waals surface area (Å²) in [5, 5.41) is -0.103. The predicted molar refractivity (Wildman–Crippen MR) is 99.3 cm³/mol. The first-order valence-electron chi connectivity index (χ1n) is 8.70. The number of hydrogen-bond acceptors (Lipinski definition) is 0. The van der Waals surface area contributed by atoms with E-state index >= 15 is 0 Å². The van der Waals surface area contributed by atoms with Gasteiger partial charge in [0.05, 0.1) is 5.56 Å². The van der Waals surface area contributed by atoms with Gasteiger partial charge in [0.1, 0.15) is 5.82 Å². The molecule has 0 saturated carbocycles. The SMILES string of the molecule is C/C=C/CCc1c(F)cc(C#Cc2ccc3c(F)c(F)c(F)cc3c2)c(F)c1F. The van der Waals surface area contributed by atoms with Crippen LogP contribution in [0, 0.1) is 46.7 Å². The van der Waals surface area contributed by atoms with E-state index in [1.807, 2.05) is 0 Å². The second-order valence-electron chi connectivity index (χ2n) is 6.29. The fourth-order valence-electron chi connectivity index (χ4n) is 2.87. The lowest BCUT2D eigenvalue weighted by molar-refractivity contribution is 0.453. The van der Waals surface area contributed by atoms with Crippen LogP contribution < -0.4 is 0 Å². The molecule has 3 rings (SSSR count). The maximum atomic E-state index is 14.3. The molecule has 0 radical (unpaired) electrons. The van der Waals surface area contributed by atoms with Crippen molar-refractivity contribution in [2.75, 3.05) is 0 Å². The van der Waals surface area contributed by atoms with Crippen LogP contribution in [0.4, 0.5) is 26.3 Å². The van der Waals surface area contributed by atoms with Crippen molar-refractivity contribution in [3.8, 4) is 11.8 Å². The van der Waals surface area contributed by atoms with E-state index < -0.39 is 40.5 Å². The topological polar surface area (TPSA) is 0 Å². The molecule has 0 aliphatic heterocycles. The molecule has 0 N–H and O–H groups in total. The monoisotopic (exact) mass is 404 g/mol. The Morgan fingerprint density at radius 1 is 0.793 bits per heavy atom. The van der Waals surface area contributed by atoms with Gasteiger partial charge in [-0.15, -0.1) is 0 Å². The number of fused-ring (bicyclic) bond motifs is 1. The molecule has 0 atom stereocenters. The average molecular weight is 404 g/mol. The van der Waals surface area contributed by atoms with Gasteiger partial charge in [-0.25, -0.2) is 26.3 Å². The predicted octanol–water partition coefficient (Wildman–Crippen LogP) is 6.58. The maximum Gasteiger partial charge on any atom is 0.195 e. The quantitative estimate of drug-likeness (QED) is 0.152. The van der Waals surface area contributed by atoms with Crippen LogP contribution in [0.3, 0.4) is 0 Å². The molecule has 0 aliphatic carbocycles. The van der Waals surface area contributed by atoms with E-state index in [-0.39, 0.29) is 28.3 Å². The van der Waals surface area contributed by atoms with Gasteiger partial charge in [0.15, 0.2) is 29.1 Å². The molecule has 0 fully saturated rings. The number of hydrogen-bond donors (Lipinski definition) is 0. The molecular weight excluding hydrogens is 390 g/mol. The van der Waals surface area contributed by atoms with Gasteiger partial charge in [0.25, 0.3) is 0 Å². The van der Waals surface area contributed by atoms with Crippen LogP contribution in [0.15, 0.2) is 42.5 Å². The van der Waals surface area contributed by atoms with Gasteiger partial charge in [0, 0.05) is 16.5 Å². The zero-order valence-electron chi connectivity index (χ0n) is 15.2. The Hall–Kier alpha value is -3.20. The van der Waals surface area contributed by atoms with Crippen LogP contribution in [0.5, 0.6) is 0 Å². The lowest BCUT2D eigenvalue weighted by Crippen LogP contribution is -2.02. The van der Waals surface area contributed by atoms with E-state index in [0.29, 0.717) is 6.42 Å². The molecule has 0 aromatic heterocycles. The van der Waals surface area contributed by atoms with Crippen molar-refractivity contribution in [3.63, 3.8) is 0 Å². The first kappa shape index (κ1) is 20.5. The van der Waals surface area contributed by atoms with E-state index in [1.165, 1.54) is 18.2 Å². The Labute approximate surface area is 163 Å². The van der Waals surface area contributed by atoms with Gasteiger partial charge in [-0.1, -0.05) is 30.1 Å². The van der Waals surface area contributed by atoms with Crippen molar-refractivity contribution >= 4 is 10.8 Å². The number of benzene rings is 3. The molecule has 0 unspecified atom stereocenters. The Morgan fingerprint density at radius 3 is 2.28 bits per heavy atom. The molecule has 0 bridgehead atoms. The zero-order valence-corrected chi connectivity index (χ0v) is 15.2. The average Bonchev–Trinajstić information content (AvgIpc) is 2.70. The minimum absolute atomic E-state index is 0.00496. The van der Waals surface area contributed by atoms with E-state index in [0.717, 1.165) is 12.1 Å². The molecule has 0 amide bonds. The maximum absolute atomic E-state index is 14.3. The summed E-state index contributed by atoms with van der Waals surface area (Å²) in [4.78, 5) is 0. The molecule has 0 saturated heterocycles. The second-order valence-corrected chi connectivity index (χ2v) is 6.29. The van der Waals surface area contributed by atoms with Crippen LogP contribution in [0.25, 0.3) is 10.8 Å². The summed E-state index contributed by atoms with van der Waals surface area (Å²) >= 11 is 0. The third kappa shape index (κ3) is 4.14. The third-order valence-corrected chi connectivity index (χ3v) is 4.36. The smallest absolute Gasteiger partial charge is 0.195 e. The highest BCUT2D eigenvalue weighted by molar-refractivity contribution is 5.84. The van der Waals surface area contributed by atoms with Crippen molar-refractivity contribution in [2.24, 2.45) is 0 Å². The van der Waals surface area contributed by atoms with Gasteiger partial charge >= 0.3 is 0 Å². The van der Waals surface area contributed by atoms with Gasteiger partial charge in [-0.05, 0) is 49.4 Å². The second kappa shape index (κ2) is 8.44. The summed E-state index contributed by atoms with van der Waals surface area (Å²) in [5.41, 5.74) is -0.628. The highest BCUT2D eigenvalue weighted by Crippen LogP contribution is 2.24. The molecule has 3 aromatic rings. The lowest BCUT2D eigenvalue weighted by atomic mass is 10.0. The summed E-state index contributed by atoms with van der Waals surface area (Å²) in [5.74, 6) is -2.91. The van der Waals surface area contributed by atoms with Crippen LogP contribution in [0.1, 0.15) is 30.0 Å². The van der Waals surface area contributed by atoms with Crippen molar-refractivity contribution < 1.29 is 26.3 Å². The Kier molecular flexibility index (Phi) is 5.97. The molecule has 0 aliphatic rings. The first-order chi connectivity index (χ1) is 13.8. The van der Waals surface area contributed by atoms with Crippen LogP contribution in [0.2, 0.25) is 0 Å². The summed E-state index contributed by atoms with van der Waals surface area (Å²) < 4.78 is 83.0. The Bertz CT molecular complexity index is 1180. The fourth-order valence-corrected chi connectivity index (χ4v) is 2.87. The molecule has 148 valence electrons. The van der Waals surface area contributed by atoms with Crippen molar-refractivity contribution in [1.82, 2.24) is 0 Å². The summed E-state index contributed by atoms with van der Waals surface area (Å²) in [6.07, 6.45) is 3.80. The normalized spacial score (nSPS) is 11.1. The molecular formula is C23H14F6. The van der Waals surface area contributed by atoms with E-state index in [1.54, 1.807) is 19.1 Å². The van der Waals surface area contributed by atoms with Crippen LogP contribution >= 0.6 is 0 Å². The molecule has 6 heteroatoms. The zero-order chi connectivity index (χ0) is 21.1. The highest BCUT2D eigenvalue weighted by Gasteiger charge is 2.17. The van der Waals surface area contributed by atoms with E-state index in [2.05, 4.69) is 11.8 Å². The number of allylic oxidation sites excluding steroid dienone is 2. The fraction of sp³-hybridized carbons (Fsp3) is 0.130. The first-order valence-corrected chi connectivity index (χ1v) is 8.70. The standard InChI is InChI=1S/C23H14F6/c1-2-3-4-5-17-18(24)11-14(20(26)22(17)28)8-6-13-7-9-16-15(10-13)12-19(25)23(29)21(16)27/h2-3,7,9-12H,4-5H2,1H3/b3-2+. The minimum atomic E-state index is -1.58. The van der Waals surface area contributed by atoms with Crippen molar-refractivity contribution in [2.45, 2.75) is 19.8 Å². The van der Waals surface area contributed by atoms with Crippen LogP contribution in [-0.4, -0.2) is 0 Å². The van der Waals surface area contributed by atoms with Crippen LogP contribution in [-0.2, 0) is 6.42 Å². The Balaban J connectivity index is 1.98.